The van der Waals surface area contributed by atoms with E-state index in [-0.39, 0.29) is 38.3 Å². The van der Waals surface area contributed by atoms with Crippen molar-refractivity contribution >= 4 is 27.7 Å². The average Bonchev–Trinajstić information content (AvgIpc) is 2.79. The number of aryl methyl sites for hydroxylation is 1. The summed E-state index contributed by atoms with van der Waals surface area (Å²) in [5.41, 5.74) is 1.57. The van der Waals surface area contributed by atoms with Gasteiger partial charge in [0.15, 0.2) is 0 Å². The molecule has 10 heteroatoms. The van der Waals surface area contributed by atoms with E-state index in [1.54, 1.807) is 19.1 Å². The van der Waals surface area contributed by atoms with E-state index >= 15 is 0 Å². The molecule has 1 fully saturated rings. The third-order valence-electron chi connectivity index (χ3n) is 5.22. The zero-order chi connectivity index (χ0) is 23.3. The van der Waals surface area contributed by atoms with Crippen LogP contribution in [0, 0.1) is 5.82 Å². The first-order valence-electron chi connectivity index (χ1n) is 10.4. The van der Waals surface area contributed by atoms with Crippen LogP contribution in [-0.4, -0.2) is 62.4 Å². The van der Waals surface area contributed by atoms with Gasteiger partial charge in [0.05, 0.1) is 6.61 Å². The highest BCUT2D eigenvalue weighted by Crippen LogP contribution is 2.23. The van der Waals surface area contributed by atoms with E-state index in [4.69, 9.17) is 4.74 Å². The molecule has 0 radical (unpaired) electrons. The van der Waals surface area contributed by atoms with Gasteiger partial charge in [0.2, 0.25) is 10.0 Å². The van der Waals surface area contributed by atoms with Crippen molar-refractivity contribution in [1.82, 2.24) is 9.21 Å². The number of hydrogen-bond donors (Lipinski definition) is 1. The number of nitrogens with one attached hydrogen (secondary N) is 1. The molecular formula is C22H26FN3O5S. The highest BCUT2D eigenvalue weighted by Gasteiger charge is 2.33. The lowest BCUT2D eigenvalue weighted by Crippen LogP contribution is -2.50. The number of benzene rings is 2. The van der Waals surface area contributed by atoms with Gasteiger partial charge in [0.1, 0.15) is 10.7 Å². The lowest BCUT2D eigenvalue weighted by Gasteiger charge is -2.33. The largest absolute Gasteiger partial charge is 0.450 e. The summed E-state index contributed by atoms with van der Waals surface area (Å²) in [5.74, 6) is -1.47. The lowest BCUT2D eigenvalue weighted by atomic mass is 10.1. The zero-order valence-corrected chi connectivity index (χ0v) is 18.8. The molecule has 1 heterocycles. The van der Waals surface area contributed by atoms with Crippen LogP contribution in [0.4, 0.5) is 14.9 Å². The van der Waals surface area contributed by atoms with Gasteiger partial charge in [-0.1, -0.05) is 25.1 Å². The van der Waals surface area contributed by atoms with Crippen LogP contribution in [-0.2, 0) is 21.2 Å². The molecule has 32 heavy (non-hydrogen) atoms. The van der Waals surface area contributed by atoms with Gasteiger partial charge in [-0.25, -0.2) is 17.6 Å². The fourth-order valence-corrected chi connectivity index (χ4v) is 4.96. The van der Waals surface area contributed by atoms with Crippen molar-refractivity contribution in [3.8, 4) is 0 Å². The summed E-state index contributed by atoms with van der Waals surface area (Å²) in [6.45, 7) is 4.13. The predicted octanol–water partition coefficient (Wildman–Crippen LogP) is 3.10. The highest BCUT2D eigenvalue weighted by molar-refractivity contribution is 7.89. The molecule has 1 aliphatic heterocycles. The zero-order valence-electron chi connectivity index (χ0n) is 18.0. The lowest BCUT2D eigenvalue weighted by molar-refractivity contribution is 0.0933. The van der Waals surface area contributed by atoms with Crippen LogP contribution in [0.1, 0.15) is 29.8 Å². The number of amides is 2. The third kappa shape index (κ3) is 5.08. The number of sulfonamides is 1. The molecular weight excluding hydrogens is 437 g/mol. The van der Waals surface area contributed by atoms with E-state index in [9.17, 15) is 22.4 Å². The van der Waals surface area contributed by atoms with Crippen molar-refractivity contribution < 1.29 is 27.1 Å². The summed E-state index contributed by atoms with van der Waals surface area (Å²) in [5, 5.41) is 2.76. The molecule has 0 atom stereocenters. The number of carbonyl (C=O) groups is 2. The molecule has 2 aromatic rings. The van der Waals surface area contributed by atoms with E-state index in [1.165, 1.54) is 11.0 Å². The number of hydrogen-bond acceptors (Lipinski definition) is 5. The molecule has 1 N–H and O–H groups in total. The van der Waals surface area contributed by atoms with Crippen LogP contribution in [0.2, 0.25) is 0 Å². The Kier molecular flexibility index (Phi) is 7.47. The Balaban J connectivity index is 1.79. The number of halogens is 1. The Morgan fingerprint density at radius 1 is 1.06 bits per heavy atom. The molecule has 3 rings (SSSR count). The molecule has 1 aliphatic rings. The predicted molar refractivity (Wildman–Crippen MR) is 118 cm³/mol. The summed E-state index contributed by atoms with van der Waals surface area (Å²) in [6.07, 6.45) is 0.193. The maximum Gasteiger partial charge on any atom is 0.409 e. The van der Waals surface area contributed by atoms with Crippen LogP contribution in [0.15, 0.2) is 47.4 Å². The monoisotopic (exact) mass is 463 g/mol. The number of nitrogens with zero attached hydrogens (tertiary/aromatic N) is 2. The summed E-state index contributed by atoms with van der Waals surface area (Å²) >= 11 is 0. The van der Waals surface area contributed by atoms with Crippen LogP contribution >= 0.6 is 0 Å². The van der Waals surface area contributed by atoms with E-state index in [2.05, 4.69) is 5.32 Å². The Hall–Kier alpha value is -2.98. The first-order valence-corrected chi connectivity index (χ1v) is 11.8. The number of anilines is 1. The van der Waals surface area contributed by atoms with Crippen LogP contribution in [0.3, 0.4) is 0 Å². The van der Waals surface area contributed by atoms with Gasteiger partial charge in [-0.2, -0.15) is 4.31 Å². The second-order valence-electron chi connectivity index (χ2n) is 7.20. The standard InChI is InChI=1S/C22H26FN3O5S/c1-3-16-7-5-6-8-19(16)24-21(27)17-9-10-18(23)20(15-17)32(29,30)26-13-11-25(12-14-26)22(28)31-4-2/h5-10,15H,3-4,11-14H2,1-2H3,(H,24,27). The SMILES string of the molecule is CCOC(=O)N1CCN(S(=O)(=O)c2cc(C(=O)Nc3ccccc3CC)ccc2F)CC1. The number of rotatable bonds is 6. The van der Waals surface area contributed by atoms with Crippen molar-refractivity contribution in [2.24, 2.45) is 0 Å². The smallest absolute Gasteiger partial charge is 0.409 e. The Bertz CT molecular complexity index is 1100. The molecule has 0 saturated carbocycles. The van der Waals surface area contributed by atoms with Gasteiger partial charge >= 0.3 is 6.09 Å². The van der Waals surface area contributed by atoms with Crippen molar-refractivity contribution in [2.75, 3.05) is 38.1 Å². The highest BCUT2D eigenvalue weighted by atomic mass is 32.2. The fraction of sp³-hybridized carbons (Fsp3) is 0.364. The van der Waals surface area contributed by atoms with E-state index in [0.717, 1.165) is 22.0 Å². The molecule has 8 nitrogen and oxygen atoms in total. The number of carbonyl (C=O) groups excluding carboxylic acids is 2. The van der Waals surface area contributed by atoms with Gasteiger partial charge in [-0.05, 0) is 43.2 Å². The van der Waals surface area contributed by atoms with Crippen LogP contribution in [0.5, 0.6) is 0 Å². The van der Waals surface area contributed by atoms with E-state index in [1.807, 2.05) is 19.1 Å². The molecule has 2 aromatic carbocycles. The Morgan fingerprint density at radius 3 is 2.41 bits per heavy atom. The van der Waals surface area contributed by atoms with Gasteiger partial charge in [-0.3, -0.25) is 4.79 Å². The van der Waals surface area contributed by atoms with Gasteiger partial charge in [-0.15, -0.1) is 0 Å². The first-order chi connectivity index (χ1) is 15.3. The third-order valence-corrected chi connectivity index (χ3v) is 7.14. The minimum absolute atomic E-state index is 0.000880. The second-order valence-corrected chi connectivity index (χ2v) is 9.11. The maximum atomic E-state index is 14.5. The van der Waals surface area contributed by atoms with E-state index in [0.29, 0.717) is 12.1 Å². The molecule has 0 spiro atoms. The second kappa shape index (κ2) is 10.1. The minimum atomic E-state index is -4.20. The van der Waals surface area contributed by atoms with Crippen LogP contribution in [0.25, 0.3) is 0 Å². The minimum Gasteiger partial charge on any atom is -0.450 e. The molecule has 0 unspecified atom stereocenters. The molecule has 1 saturated heterocycles. The molecule has 0 aliphatic carbocycles. The number of ether oxygens (including phenoxy) is 1. The maximum absolute atomic E-state index is 14.5. The van der Waals surface area contributed by atoms with Crippen molar-refractivity contribution in [1.29, 1.82) is 0 Å². The quantitative estimate of drug-likeness (QED) is 0.710. The summed E-state index contributed by atoms with van der Waals surface area (Å²) < 4.78 is 46.7. The summed E-state index contributed by atoms with van der Waals surface area (Å²) in [4.78, 5) is 25.4. The van der Waals surface area contributed by atoms with Crippen LogP contribution < -0.4 is 5.32 Å². The first kappa shape index (κ1) is 23.7. The molecule has 0 bridgehead atoms. The van der Waals surface area contributed by atoms with Crippen molar-refractivity contribution in [3.05, 3.63) is 59.4 Å². The molecule has 172 valence electrons. The van der Waals surface area contributed by atoms with Gasteiger partial charge in [0.25, 0.3) is 5.91 Å². The molecule has 0 aromatic heterocycles. The summed E-state index contributed by atoms with van der Waals surface area (Å²) in [6, 6.07) is 10.5. The summed E-state index contributed by atoms with van der Waals surface area (Å²) in [7, 11) is -4.20. The molecule has 2 amide bonds. The fourth-order valence-electron chi connectivity index (χ4n) is 3.45. The van der Waals surface area contributed by atoms with E-state index < -0.39 is 32.7 Å². The topological polar surface area (TPSA) is 96.0 Å². The number of piperazine rings is 1. The van der Waals surface area contributed by atoms with Gasteiger partial charge in [0, 0.05) is 37.4 Å². The Labute approximate surface area is 187 Å². The van der Waals surface area contributed by atoms with Gasteiger partial charge < -0.3 is 15.0 Å². The normalized spacial score (nSPS) is 14.8. The van der Waals surface area contributed by atoms with Crippen molar-refractivity contribution in [2.45, 2.75) is 25.2 Å². The van der Waals surface area contributed by atoms with Crippen molar-refractivity contribution in [3.63, 3.8) is 0 Å². The average molecular weight is 464 g/mol. The Morgan fingerprint density at radius 2 is 1.75 bits per heavy atom. The number of para-hydroxylation sites is 1.